The third kappa shape index (κ3) is 3.09. The highest BCUT2D eigenvalue weighted by Crippen LogP contribution is 2.20. The predicted octanol–water partition coefficient (Wildman–Crippen LogP) is 3.22. The first-order valence-electron chi connectivity index (χ1n) is 3.46. The molecule has 0 aromatic heterocycles. The molecule has 0 spiro atoms. The first-order valence-corrected chi connectivity index (χ1v) is 5.04. The van der Waals surface area contributed by atoms with Gasteiger partial charge < -0.3 is 5.11 Å². The van der Waals surface area contributed by atoms with Crippen LogP contribution in [0.4, 0.5) is 0 Å². The van der Waals surface area contributed by atoms with Crippen LogP contribution in [0, 0.1) is 0 Å². The number of aliphatic hydroxyl groups excluding tert-OH is 1. The van der Waals surface area contributed by atoms with Crippen molar-refractivity contribution in [2.24, 2.45) is 0 Å². The van der Waals surface area contributed by atoms with E-state index in [2.05, 4.69) is 31.9 Å². The fourth-order valence-corrected chi connectivity index (χ4v) is 2.19. The number of hydrogen-bond donors (Lipinski definition) is 1. The summed E-state index contributed by atoms with van der Waals surface area (Å²) in [5, 5.41) is 8.56. The Morgan fingerprint density at radius 3 is 2.25 bits per heavy atom. The third-order valence-corrected chi connectivity index (χ3v) is 2.22. The van der Waals surface area contributed by atoms with Crippen molar-refractivity contribution in [3.05, 3.63) is 38.8 Å². The van der Waals surface area contributed by atoms with Crippen LogP contribution in [-0.2, 0) is 0 Å². The van der Waals surface area contributed by atoms with E-state index in [1.807, 2.05) is 24.3 Å². The van der Waals surface area contributed by atoms with Gasteiger partial charge in [-0.15, -0.1) is 0 Å². The van der Waals surface area contributed by atoms with Gasteiger partial charge in [0.15, 0.2) is 0 Å². The lowest BCUT2D eigenvalue weighted by Crippen LogP contribution is -1.75. The Kier molecular flexibility index (Phi) is 3.98. The van der Waals surface area contributed by atoms with Gasteiger partial charge in [0.25, 0.3) is 0 Å². The van der Waals surface area contributed by atoms with E-state index >= 15 is 0 Å². The van der Waals surface area contributed by atoms with Crippen LogP contribution in [0.5, 0.6) is 0 Å². The van der Waals surface area contributed by atoms with Crippen LogP contribution in [0.3, 0.4) is 0 Å². The van der Waals surface area contributed by atoms with Crippen LogP contribution in [0.2, 0.25) is 0 Å². The minimum absolute atomic E-state index is 0.0735. The molecule has 0 aliphatic carbocycles. The summed E-state index contributed by atoms with van der Waals surface area (Å²) >= 11 is 6.76. The summed E-state index contributed by atoms with van der Waals surface area (Å²) in [6.07, 6.45) is 3.57. The van der Waals surface area contributed by atoms with Gasteiger partial charge in [-0.05, 0) is 23.8 Å². The molecule has 3 heteroatoms. The lowest BCUT2D eigenvalue weighted by molar-refractivity contribution is 0.343. The molecule has 1 nitrogen and oxygen atoms in total. The van der Waals surface area contributed by atoms with Gasteiger partial charge >= 0.3 is 0 Å². The van der Waals surface area contributed by atoms with Crippen molar-refractivity contribution in [1.29, 1.82) is 0 Å². The van der Waals surface area contributed by atoms with Crippen molar-refractivity contribution >= 4 is 37.9 Å². The number of halogens is 2. The average molecular weight is 292 g/mol. The molecule has 1 rings (SSSR count). The standard InChI is InChI=1S/C9H8Br2O/c10-8-4-7(2-1-3-12)5-9(11)6-8/h1-2,4-6,12H,3H2/b2-1+. The van der Waals surface area contributed by atoms with Gasteiger partial charge in [-0.2, -0.15) is 0 Å². The Hall–Kier alpha value is -0.120. The van der Waals surface area contributed by atoms with Gasteiger partial charge in [-0.25, -0.2) is 0 Å². The van der Waals surface area contributed by atoms with Crippen molar-refractivity contribution < 1.29 is 5.11 Å². The zero-order valence-electron chi connectivity index (χ0n) is 6.30. The molecule has 64 valence electrons. The zero-order valence-corrected chi connectivity index (χ0v) is 9.47. The maximum absolute atomic E-state index is 8.56. The maximum Gasteiger partial charge on any atom is 0.0615 e. The van der Waals surface area contributed by atoms with Gasteiger partial charge in [0.05, 0.1) is 6.61 Å². The molecular formula is C9H8Br2O. The maximum atomic E-state index is 8.56. The van der Waals surface area contributed by atoms with E-state index < -0.39 is 0 Å². The summed E-state index contributed by atoms with van der Waals surface area (Å²) in [6.45, 7) is 0.0735. The summed E-state index contributed by atoms with van der Waals surface area (Å²) in [6, 6.07) is 5.93. The van der Waals surface area contributed by atoms with Crippen molar-refractivity contribution in [2.45, 2.75) is 0 Å². The average Bonchev–Trinajstić information content (AvgIpc) is 1.99. The minimum Gasteiger partial charge on any atom is -0.392 e. The molecule has 0 bridgehead atoms. The molecule has 1 aromatic carbocycles. The largest absolute Gasteiger partial charge is 0.392 e. The molecule has 1 N–H and O–H groups in total. The first-order chi connectivity index (χ1) is 5.72. The molecule has 0 amide bonds. The van der Waals surface area contributed by atoms with Gasteiger partial charge in [0.1, 0.15) is 0 Å². The van der Waals surface area contributed by atoms with Crippen molar-refractivity contribution in [3.8, 4) is 0 Å². The normalized spacial score (nSPS) is 10.9. The Morgan fingerprint density at radius 2 is 1.75 bits per heavy atom. The molecular weight excluding hydrogens is 284 g/mol. The van der Waals surface area contributed by atoms with Crippen molar-refractivity contribution in [2.75, 3.05) is 6.61 Å². The van der Waals surface area contributed by atoms with Crippen LogP contribution in [0.25, 0.3) is 6.08 Å². The van der Waals surface area contributed by atoms with Crippen molar-refractivity contribution in [1.82, 2.24) is 0 Å². The van der Waals surface area contributed by atoms with Crippen LogP contribution in [-0.4, -0.2) is 11.7 Å². The van der Waals surface area contributed by atoms with E-state index in [9.17, 15) is 0 Å². The van der Waals surface area contributed by atoms with Crippen molar-refractivity contribution in [3.63, 3.8) is 0 Å². The Labute approximate surface area is 88.4 Å². The Morgan fingerprint density at radius 1 is 1.17 bits per heavy atom. The van der Waals surface area contributed by atoms with Crippen LogP contribution in [0.1, 0.15) is 5.56 Å². The lowest BCUT2D eigenvalue weighted by Gasteiger charge is -1.96. The first kappa shape index (κ1) is 9.96. The second-order valence-corrected chi connectivity index (χ2v) is 4.12. The van der Waals surface area contributed by atoms with E-state index in [-0.39, 0.29) is 6.61 Å². The molecule has 0 aliphatic rings. The number of benzene rings is 1. The van der Waals surface area contributed by atoms with E-state index in [0.29, 0.717) is 0 Å². The predicted molar refractivity (Wildman–Crippen MR) is 58.0 cm³/mol. The second-order valence-electron chi connectivity index (χ2n) is 2.29. The fourth-order valence-electron chi connectivity index (χ4n) is 0.860. The number of rotatable bonds is 2. The second kappa shape index (κ2) is 4.80. The summed E-state index contributed by atoms with van der Waals surface area (Å²) in [4.78, 5) is 0. The quantitative estimate of drug-likeness (QED) is 0.887. The lowest BCUT2D eigenvalue weighted by atomic mass is 10.2. The smallest absolute Gasteiger partial charge is 0.0615 e. The molecule has 12 heavy (non-hydrogen) atoms. The van der Waals surface area contributed by atoms with Crippen LogP contribution < -0.4 is 0 Å². The highest BCUT2D eigenvalue weighted by molar-refractivity contribution is 9.11. The topological polar surface area (TPSA) is 20.2 Å². The van der Waals surface area contributed by atoms with Gasteiger partial charge in [-0.1, -0.05) is 44.0 Å². The summed E-state index contributed by atoms with van der Waals surface area (Å²) < 4.78 is 2.05. The highest BCUT2D eigenvalue weighted by atomic mass is 79.9. The Balaban J connectivity index is 2.93. The van der Waals surface area contributed by atoms with Crippen LogP contribution >= 0.6 is 31.9 Å². The zero-order chi connectivity index (χ0) is 8.97. The minimum atomic E-state index is 0.0735. The van der Waals surface area contributed by atoms with Gasteiger partial charge in [-0.3, -0.25) is 0 Å². The van der Waals surface area contributed by atoms with Crippen LogP contribution in [0.15, 0.2) is 33.2 Å². The third-order valence-electron chi connectivity index (χ3n) is 1.30. The van der Waals surface area contributed by atoms with Gasteiger partial charge in [0.2, 0.25) is 0 Å². The fraction of sp³-hybridized carbons (Fsp3) is 0.111. The monoisotopic (exact) mass is 290 g/mol. The molecule has 0 heterocycles. The van der Waals surface area contributed by atoms with E-state index in [0.717, 1.165) is 14.5 Å². The van der Waals surface area contributed by atoms with E-state index in [1.54, 1.807) is 6.08 Å². The SMILES string of the molecule is OC/C=C/c1cc(Br)cc(Br)c1. The van der Waals surface area contributed by atoms with E-state index in [4.69, 9.17) is 5.11 Å². The molecule has 0 fully saturated rings. The number of hydrogen-bond acceptors (Lipinski definition) is 1. The summed E-state index contributed by atoms with van der Waals surface area (Å²) in [5.41, 5.74) is 1.06. The summed E-state index contributed by atoms with van der Waals surface area (Å²) in [5.74, 6) is 0. The molecule has 0 radical (unpaired) electrons. The van der Waals surface area contributed by atoms with Gasteiger partial charge in [0, 0.05) is 8.95 Å². The molecule has 0 aliphatic heterocycles. The molecule has 1 aromatic rings. The molecule has 0 saturated carbocycles. The molecule has 0 atom stereocenters. The molecule has 0 saturated heterocycles. The number of aliphatic hydroxyl groups is 1. The highest BCUT2D eigenvalue weighted by Gasteiger charge is 1.93. The molecule has 0 unspecified atom stereocenters. The summed E-state index contributed by atoms with van der Waals surface area (Å²) in [7, 11) is 0. The Bertz CT molecular complexity index is 274. The van der Waals surface area contributed by atoms with E-state index in [1.165, 1.54) is 0 Å².